The Morgan fingerprint density at radius 3 is 2.11 bits per heavy atom. The highest BCUT2D eigenvalue weighted by atomic mass is 16.4. The Morgan fingerprint density at radius 1 is 1.22 bits per heavy atom. The molecule has 0 spiro atoms. The van der Waals surface area contributed by atoms with Gasteiger partial charge in [-0.2, -0.15) is 0 Å². The van der Waals surface area contributed by atoms with Gasteiger partial charge in [-0.3, -0.25) is 4.79 Å². The van der Waals surface area contributed by atoms with Crippen LogP contribution in [0.4, 0.5) is 4.79 Å². The normalized spacial score (nSPS) is 14.8. The average Bonchev–Trinajstić information content (AvgIpc) is 2.09. The third-order valence-electron chi connectivity index (χ3n) is 2.12. The Morgan fingerprint density at radius 2 is 1.72 bits per heavy atom. The molecule has 2 amide bonds. The van der Waals surface area contributed by atoms with Crippen molar-refractivity contribution < 1.29 is 24.9 Å². The molecule has 7 heteroatoms. The molecule has 7 nitrogen and oxygen atoms in total. The lowest BCUT2D eigenvalue weighted by Crippen LogP contribution is -2.49. The van der Waals surface area contributed by atoms with Crippen molar-refractivity contribution in [2.45, 2.75) is 38.4 Å². The number of carboxylic acids is 1. The predicted octanol–water partition coefficient (Wildman–Crippen LogP) is -0.376. The molecule has 106 valence electrons. The summed E-state index contributed by atoms with van der Waals surface area (Å²) in [5, 5.41) is 30.2. The fourth-order valence-corrected chi connectivity index (χ4v) is 1.44. The summed E-state index contributed by atoms with van der Waals surface area (Å²) in [6, 6.07) is -0.484. The van der Waals surface area contributed by atoms with E-state index in [9.17, 15) is 19.8 Å². The molecule has 0 fully saturated rings. The van der Waals surface area contributed by atoms with Gasteiger partial charge in [-0.25, -0.2) is 4.79 Å². The van der Waals surface area contributed by atoms with Gasteiger partial charge < -0.3 is 25.5 Å². The number of aliphatic hydroxyl groups is 2. The van der Waals surface area contributed by atoms with Crippen molar-refractivity contribution in [3.05, 3.63) is 0 Å². The number of nitrogens with one attached hydrogen (secondary N) is 1. The van der Waals surface area contributed by atoms with E-state index >= 15 is 0 Å². The highest BCUT2D eigenvalue weighted by Gasteiger charge is 2.26. The summed E-state index contributed by atoms with van der Waals surface area (Å²) in [5.74, 6) is -1.14. The van der Waals surface area contributed by atoms with Crippen molar-refractivity contribution >= 4 is 12.0 Å². The zero-order valence-corrected chi connectivity index (χ0v) is 11.2. The van der Waals surface area contributed by atoms with Crippen molar-refractivity contribution in [2.24, 2.45) is 0 Å². The number of amides is 2. The van der Waals surface area contributed by atoms with Crippen LogP contribution in [0.2, 0.25) is 0 Å². The number of carbonyl (C=O) groups excluding carboxylic acids is 1. The topological polar surface area (TPSA) is 110 Å². The van der Waals surface area contributed by atoms with Crippen LogP contribution in [0.5, 0.6) is 0 Å². The van der Waals surface area contributed by atoms with Crippen LogP contribution in [-0.4, -0.2) is 63.6 Å². The summed E-state index contributed by atoms with van der Waals surface area (Å²) in [6.45, 7) is 4.42. The minimum atomic E-state index is -1.50. The third-order valence-corrected chi connectivity index (χ3v) is 2.12. The van der Waals surface area contributed by atoms with Gasteiger partial charge in [0.15, 0.2) is 0 Å². The molecule has 0 saturated heterocycles. The Balaban J connectivity index is 4.21. The van der Waals surface area contributed by atoms with E-state index in [0.717, 1.165) is 0 Å². The van der Waals surface area contributed by atoms with Crippen LogP contribution < -0.4 is 5.32 Å². The minimum absolute atomic E-state index is 0.125. The van der Waals surface area contributed by atoms with Gasteiger partial charge >= 0.3 is 12.0 Å². The number of hydrogen-bond donors (Lipinski definition) is 4. The van der Waals surface area contributed by atoms with E-state index in [1.54, 1.807) is 13.8 Å². The van der Waals surface area contributed by atoms with Crippen LogP contribution in [0.1, 0.15) is 27.2 Å². The molecule has 0 heterocycles. The first-order valence-electron chi connectivity index (χ1n) is 5.58. The van der Waals surface area contributed by atoms with Crippen molar-refractivity contribution in [2.75, 3.05) is 20.1 Å². The lowest BCUT2D eigenvalue weighted by Gasteiger charge is -2.27. The molecule has 0 saturated carbocycles. The SMILES string of the molecule is CN(CC(C)(C)O)C(=O)NCC(C)(O)CC(=O)O. The quantitative estimate of drug-likeness (QED) is 0.522. The fourth-order valence-electron chi connectivity index (χ4n) is 1.44. The first-order chi connectivity index (χ1) is 7.93. The van der Waals surface area contributed by atoms with E-state index in [0.29, 0.717) is 0 Å². The smallest absolute Gasteiger partial charge is 0.317 e. The van der Waals surface area contributed by atoms with Gasteiger partial charge in [0.05, 0.1) is 24.2 Å². The molecule has 0 aliphatic carbocycles. The zero-order valence-electron chi connectivity index (χ0n) is 11.2. The monoisotopic (exact) mass is 262 g/mol. The molecule has 1 atom stereocenters. The number of likely N-dealkylation sites (N-methyl/N-ethyl adjacent to an activating group) is 1. The summed E-state index contributed by atoms with van der Waals surface area (Å²) in [4.78, 5) is 23.3. The molecular weight excluding hydrogens is 240 g/mol. The Bertz CT molecular complexity index is 309. The molecule has 0 aromatic carbocycles. The lowest BCUT2D eigenvalue weighted by atomic mass is 10.0. The van der Waals surface area contributed by atoms with Crippen LogP contribution in [-0.2, 0) is 4.79 Å². The van der Waals surface area contributed by atoms with E-state index in [2.05, 4.69) is 5.32 Å². The van der Waals surface area contributed by atoms with Crippen LogP contribution in [0.25, 0.3) is 0 Å². The van der Waals surface area contributed by atoms with Gasteiger partial charge in [-0.1, -0.05) is 0 Å². The molecule has 0 aromatic heterocycles. The maximum Gasteiger partial charge on any atom is 0.317 e. The van der Waals surface area contributed by atoms with Gasteiger partial charge in [-0.05, 0) is 20.8 Å². The molecule has 18 heavy (non-hydrogen) atoms. The first kappa shape index (κ1) is 16.7. The van der Waals surface area contributed by atoms with E-state index in [4.69, 9.17) is 5.11 Å². The molecular formula is C11H22N2O5. The number of carbonyl (C=O) groups is 2. The fraction of sp³-hybridized carbons (Fsp3) is 0.818. The molecule has 1 unspecified atom stereocenters. The number of nitrogens with zero attached hydrogens (tertiary/aromatic N) is 1. The van der Waals surface area contributed by atoms with Crippen molar-refractivity contribution in [3.63, 3.8) is 0 Å². The summed E-state index contributed by atoms with van der Waals surface area (Å²) in [5.41, 5.74) is -2.52. The van der Waals surface area contributed by atoms with E-state index in [-0.39, 0.29) is 13.1 Å². The largest absolute Gasteiger partial charge is 0.481 e. The lowest BCUT2D eigenvalue weighted by molar-refractivity contribution is -0.141. The second-order valence-corrected chi connectivity index (χ2v) is 5.39. The molecule has 0 bridgehead atoms. The second-order valence-electron chi connectivity index (χ2n) is 5.39. The van der Waals surface area contributed by atoms with E-state index in [1.165, 1.54) is 18.9 Å². The van der Waals surface area contributed by atoms with Gasteiger partial charge in [0.2, 0.25) is 0 Å². The van der Waals surface area contributed by atoms with Gasteiger partial charge in [0.25, 0.3) is 0 Å². The summed E-state index contributed by atoms with van der Waals surface area (Å²) in [6.07, 6.45) is -0.456. The van der Waals surface area contributed by atoms with Crippen LogP contribution >= 0.6 is 0 Å². The number of aliphatic carboxylic acids is 1. The number of hydrogen-bond acceptors (Lipinski definition) is 4. The highest BCUT2D eigenvalue weighted by Crippen LogP contribution is 2.08. The van der Waals surface area contributed by atoms with Crippen molar-refractivity contribution in [1.82, 2.24) is 10.2 Å². The molecule has 4 N–H and O–H groups in total. The molecule has 0 aliphatic heterocycles. The molecule has 0 aromatic rings. The third kappa shape index (κ3) is 7.86. The van der Waals surface area contributed by atoms with E-state index in [1.807, 2.05) is 0 Å². The first-order valence-corrected chi connectivity index (χ1v) is 5.58. The molecule has 0 radical (unpaired) electrons. The average molecular weight is 262 g/mol. The number of carboxylic acid groups (broad SMARTS) is 1. The number of rotatable bonds is 6. The van der Waals surface area contributed by atoms with Gasteiger partial charge in [0, 0.05) is 13.6 Å². The van der Waals surface area contributed by atoms with Crippen LogP contribution in [0, 0.1) is 0 Å². The molecule has 0 aliphatic rings. The van der Waals surface area contributed by atoms with E-state index < -0.39 is 29.6 Å². The highest BCUT2D eigenvalue weighted by molar-refractivity contribution is 5.74. The van der Waals surface area contributed by atoms with Crippen LogP contribution in [0.15, 0.2) is 0 Å². The molecule has 0 rings (SSSR count). The maximum absolute atomic E-state index is 11.6. The van der Waals surface area contributed by atoms with Crippen LogP contribution in [0.3, 0.4) is 0 Å². The van der Waals surface area contributed by atoms with Crippen molar-refractivity contribution in [1.29, 1.82) is 0 Å². The van der Waals surface area contributed by atoms with Gasteiger partial charge in [-0.15, -0.1) is 0 Å². The standard InChI is InChI=1S/C11H22N2O5/c1-10(2,17)7-13(4)9(16)12-6-11(3,18)5-8(14)15/h17-18H,5-7H2,1-4H3,(H,12,16)(H,14,15). The zero-order chi connectivity index (χ0) is 14.6. The maximum atomic E-state index is 11.6. The van der Waals surface area contributed by atoms with Crippen molar-refractivity contribution in [3.8, 4) is 0 Å². The predicted molar refractivity (Wildman–Crippen MR) is 65.2 cm³/mol. The Kier molecular flexibility index (Phi) is 5.56. The second kappa shape index (κ2) is 6.01. The Labute approximate surface area is 106 Å². The Hall–Kier alpha value is -1.34. The summed E-state index contributed by atoms with van der Waals surface area (Å²) in [7, 11) is 1.50. The minimum Gasteiger partial charge on any atom is -0.481 e. The number of urea groups is 1. The van der Waals surface area contributed by atoms with Gasteiger partial charge in [0.1, 0.15) is 0 Å². The summed E-state index contributed by atoms with van der Waals surface area (Å²) < 4.78 is 0. The summed E-state index contributed by atoms with van der Waals surface area (Å²) >= 11 is 0.